The highest BCUT2D eigenvalue weighted by Gasteiger charge is 2.21. The molecule has 27 heavy (non-hydrogen) atoms. The second kappa shape index (κ2) is 7.93. The predicted molar refractivity (Wildman–Crippen MR) is 98.6 cm³/mol. The molecule has 2 rings (SSSR count). The molecule has 0 fully saturated rings. The summed E-state index contributed by atoms with van der Waals surface area (Å²) in [6, 6.07) is 5.45. The number of benzene rings is 1. The average Bonchev–Trinajstić information content (AvgIpc) is 2.91. The van der Waals surface area contributed by atoms with Crippen LogP contribution >= 0.6 is 0 Å². The minimum Gasteiger partial charge on any atom is -0.495 e. The van der Waals surface area contributed by atoms with Crippen molar-refractivity contribution in [1.82, 2.24) is 4.57 Å². The molecule has 0 saturated heterocycles. The fourth-order valence-corrected chi connectivity index (χ4v) is 3.61. The van der Waals surface area contributed by atoms with Crippen LogP contribution in [0.2, 0.25) is 0 Å². The van der Waals surface area contributed by atoms with Gasteiger partial charge in [-0.25, -0.2) is 18.4 Å². The number of Topliss-reactive ketones (excluding diaryl/α,β-unsaturated/α-hetero) is 1. The van der Waals surface area contributed by atoms with Gasteiger partial charge in [0.2, 0.25) is 15.8 Å². The maximum atomic E-state index is 12.4. The van der Waals surface area contributed by atoms with Gasteiger partial charge >= 0.3 is 5.97 Å². The Balaban J connectivity index is 2.18. The van der Waals surface area contributed by atoms with E-state index < -0.39 is 22.6 Å². The van der Waals surface area contributed by atoms with E-state index in [-0.39, 0.29) is 22.0 Å². The number of esters is 1. The number of sulfonamides is 1. The Morgan fingerprint density at radius 1 is 1.19 bits per heavy atom. The molecule has 0 bridgehead atoms. The smallest absolute Gasteiger partial charge is 0.338 e. The molecule has 0 spiro atoms. The molecule has 0 radical (unpaired) electrons. The third-order valence-corrected chi connectivity index (χ3v) is 5.16. The molecule has 2 aromatic rings. The Labute approximate surface area is 157 Å². The van der Waals surface area contributed by atoms with Crippen molar-refractivity contribution in [3.8, 4) is 5.75 Å². The number of methoxy groups -OCH3 is 1. The Hall–Kier alpha value is -2.65. The highest BCUT2D eigenvalue weighted by molar-refractivity contribution is 7.89. The normalized spacial score (nSPS) is 11.3. The summed E-state index contributed by atoms with van der Waals surface area (Å²) in [6.07, 6.45) is 0. The van der Waals surface area contributed by atoms with E-state index in [1.165, 1.54) is 19.2 Å². The Bertz CT molecular complexity index is 992. The van der Waals surface area contributed by atoms with Crippen molar-refractivity contribution in [3.63, 3.8) is 0 Å². The Kier molecular flexibility index (Phi) is 6.07. The summed E-state index contributed by atoms with van der Waals surface area (Å²) >= 11 is 0. The van der Waals surface area contributed by atoms with Crippen LogP contribution in [0.25, 0.3) is 0 Å². The van der Waals surface area contributed by atoms with Crippen LogP contribution in [0.15, 0.2) is 29.2 Å². The fraction of sp³-hybridized carbons (Fsp3) is 0.333. The number of hydrogen-bond acceptors (Lipinski definition) is 6. The van der Waals surface area contributed by atoms with Crippen LogP contribution in [0.5, 0.6) is 5.75 Å². The van der Waals surface area contributed by atoms with Crippen LogP contribution in [0.4, 0.5) is 0 Å². The Morgan fingerprint density at radius 3 is 2.37 bits per heavy atom. The van der Waals surface area contributed by atoms with E-state index >= 15 is 0 Å². The van der Waals surface area contributed by atoms with Gasteiger partial charge in [0.1, 0.15) is 10.6 Å². The summed E-state index contributed by atoms with van der Waals surface area (Å²) in [5.41, 5.74) is 2.18. The van der Waals surface area contributed by atoms with E-state index in [1.807, 2.05) is 25.3 Å². The van der Waals surface area contributed by atoms with Gasteiger partial charge in [-0.3, -0.25) is 4.79 Å². The number of carbonyl (C=O) groups excluding carboxylic acids is 2. The zero-order valence-electron chi connectivity index (χ0n) is 15.6. The van der Waals surface area contributed by atoms with Crippen molar-refractivity contribution in [3.05, 3.63) is 46.8 Å². The zero-order valence-corrected chi connectivity index (χ0v) is 16.4. The van der Waals surface area contributed by atoms with Gasteiger partial charge in [-0.2, -0.15) is 0 Å². The number of aromatic nitrogens is 1. The van der Waals surface area contributed by atoms with E-state index in [0.717, 1.165) is 24.0 Å². The summed E-state index contributed by atoms with van der Waals surface area (Å²) in [5, 5.41) is 5.13. The summed E-state index contributed by atoms with van der Waals surface area (Å²) in [4.78, 5) is 24.3. The van der Waals surface area contributed by atoms with Crippen molar-refractivity contribution in [2.45, 2.75) is 32.2 Å². The number of rotatable bonds is 7. The minimum absolute atomic E-state index is 0.0112. The molecule has 2 N–H and O–H groups in total. The summed E-state index contributed by atoms with van der Waals surface area (Å²) in [5.74, 6) is -1.16. The molecule has 0 saturated carbocycles. The molecule has 0 aliphatic rings. The van der Waals surface area contributed by atoms with E-state index in [0.29, 0.717) is 5.56 Å². The van der Waals surface area contributed by atoms with Crippen molar-refractivity contribution >= 4 is 21.8 Å². The molecule has 8 nitrogen and oxygen atoms in total. The molecular weight excluding hydrogens is 372 g/mol. The molecule has 0 atom stereocenters. The lowest BCUT2D eigenvalue weighted by atomic mass is 10.1. The SMILES string of the molecule is CCn1c(C)cc(C(=O)COC(=O)c2ccc(OC)c(S(N)(=O)=O)c2)c1C. The molecule has 0 aliphatic carbocycles. The number of carbonyl (C=O) groups is 2. The highest BCUT2D eigenvalue weighted by Crippen LogP contribution is 2.24. The van der Waals surface area contributed by atoms with Crippen LogP contribution < -0.4 is 9.88 Å². The van der Waals surface area contributed by atoms with Gasteiger partial charge < -0.3 is 14.0 Å². The van der Waals surface area contributed by atoms with Gasteiger partial charge in [0.15, 0.2) is 6.61 Å². The quantitative estimate of drug-likeness (QED) is 0.565. The monoisotopic (exact) mass is 394 g/mol. The maximum absolute atomic E-state index is 12.4. The van der Waals surface area contributed by atoms with E-state index in [9.17, 15) is 18.0 Å². The van der Waals surface area contributed by atoms with E-state index in [4.69, 9.17) is 14.6 Å². The first-order valence-corrected chi connectivity index (χ1v) is 9.72. The molecule has 1 aromatic carbocycles. The van der Waals surface area contributed by atoms with Crippen LogP contribution in [0.1, 0.15) is 39.0 Å². The largest absolute Gasteiger partial charge is 0.495 e. The zero-order chi connectivity index (χ0) is 20.4. The molecule has 9 heteroatoms. The first-order valence-electron chi connectivity index (χ1n) is 8.18. The van der Waals surface area contributed by atoms with Gasteiger partial charge in [0.05, 0.1) is 12.7 Å². The van der Waals surface area contributed by atoms with Gasteiger partial charge in [0.25, 0.3) is 0 Å². The summed E-state index contributed by atoms with van der Waals surface area (Å²) in [6.45, 7) is 5.97. The minimum atomic E-state index is -4.09. The average molecular weight is 394 g/mol. The molecule has 0 aliphatic heterocycles. The fourth-order valence-electron chi connectivity index (χ4n) is 2.89. The van der Waals surface area contributed by atoms with Crippen LogP contribution in [-0.2, 0) is 21.3 Å². The van der Waals surface area contributed by atoms with Gasteiger partial charge in [-0.15, -0.1) is 0 Å². The summed E-state index contributed by atoms with van der Waals surface area (Å²) < 4.78 is 35.2. The molecule has 1 heterocycles. The lowest BCUT2D eigenvalue weighted by molar-refractivity contribution is 0.0474. The van der Waals surface area contributed by atoms with Crippen molar-refractivity contribution in [1.29, 1.82) is 0 Å². The summed E-state index contributed by atoms with van der Waals surface area (Å²) in [7, 11) is -2.80. The third kappa shape index (κ3) is 4.37. The number of hydrogen-bond donors (Lipinski definition) is 1. The molecule has 1 aromatic heterocycles. The first-order chi connectivity index (χ1) is 12.6. The van der Waals surface area contributed by atoms with Crippen LogP contribution in [-0.4, -0.2) is 38.5 Å². The van der Waals surface area contributed by atoms with E-state index in [2.05, 4.69) is 0 Å². The number of ether oxygens (including phenoxy) is 2. The number of nitrogens with two attached hydrogens (primary N) is 1. The van der Waals surface area contributed by atoms with Crippen LogP contribution in [0.3, 0.4) is 0 Å². The van der Waals surface area contributed by atoms with Gasteiger partial charge in [-0.1, -0.05) is 0 Å². The lowest BCUT2D eigenvalue weighted by Gasteiger charge is -2.09. The highest BCUT2D eigenvalue weighted by atomic mass is 32.2. The number of primary sulfonamides is 1. The van der Waals surface area contributed by atoms with Gasteiger partial charge in [0, 0.05) is 23.5 Å². The first kappa shape index (κ1) is 20.7. The van der Waals surface area contributed by atoms with Crippen molar-refractivity contribution in [2.75, 3.05) is 13.7 Å². The molecule has 146 valence electrons. The maximum Gasteiger partial charge on any atom is 0.338 e. The van der Waals surface area contributed by atoms with Crippen molar-refractivity contribution in [2.24, 2.45) is 5.14 Å². The Morgan fingerprint density at radius 2 is 1.85 bits per heavy atom. The second-order valence-electron chi connectivity index (χ2n) is 5.94. The topological polar surface area (TPSA) is 118 Å². The van der Waals surface area contributed by atoms with Gasteiger partial charge in [-0.05, 0) is 45.0 Å². The predicted octanol–water partition coefficient (Wildman–Crippen LogP) is 1.82. The number of ketones is 1. The van der Waals surface area contributed by atoms with E-state index in [1.54, 1.807) is 6.07 Å². The third-order valence-electron chi connectivity index (χ3n) is 4.23. The van der Waals surface area contributed by atoms with Crippen LogP contribution in [0, 0.1) is 13.8 Å². The standard InChI is InChI=1S/C18H22N2O6S/c1-5-20-11(2)8-14(12(20)3)15(21)10-26-18(22)13-6-7-16(25-4)17(9-13)27(19,23)24/h6-9H,5,10H2,1-4H3,(H2,19,23,24). The second-order valence-corrected chi connectivity index (χ2v) is 7.47. The lowest BCUT2D eigenvalue weighted by Crippen LogP contribution is -2.17. The number of aryl methyl sites for hydroxylation is 1. The molecule has 0 amide bonds. The van der Waals surface area contributed by atoms with Crippen molar-refractivity contribution < 1.29 is 27.5 Å². The molecule has 0 unspecified atom stereocenters. The molecular formula is C18H22N2O6S. The number of nitrogens with zero attached hydrogens (tertiary/aromatic N) is 1.